The van der Waals surface area contributed by atoms with E-state index in [0.717, 1.165) is 67.5 Å². The highest BCUT2D eigenvalue weighted by Crippen LogP contribution is 2.44. The standard InChI is InChI=1S/C54H68N3/c1-39(2)53-41-25-17-13-9-5-7-11-15-19-31-51(55-53)43(33-41)35-57(37-49-47-29-23-21-27-45(47)46-28-22-24-30-48(46)50(49)38-57)36-44-34-42-26-18-14-10-6-8-12-16-20-32-52(44)56-54(42)40(3)4/h21-24,27-30,33-34H,1,3,5-20,25-26,31-32,35-38H2,2,4H3/q+1. The largest absolute Gasteiger partial charge is 0.308 e. The molecule has 0 N–H and O–H groups in total. The highest BCUT2D eigenvalue weighted by atomic mass is 15.4. The van der Waals surface area contributed by atoms with Gasteiger partial charge in [-0.1, -0.05) is 139 Å². The van der Waals surface area contributed by atoms with E-state index in [9.17, 15) is 0 Å². The summed E-state index contributed by atoms with van der Waals surface area (Å²) in [7, 11) is 0. The van der Waals surface area contributed by atoms with Crippen LogP contribution in [0.1, 0.15) is 173 Å². The van der Waals surface area contributed by atoms with Crippen molar-refractivity contribution in [2.75, 3.05) is 0 Å². The third kappa shape index (κ3) is 9.00. The van der Waals surface area contributed by atoms with Crippen molar-refractivity contribution in [1.82, 2.24) is 9.97 Å². The molecule has 3 aromatic carbocycles. The molecule has 2 aliphatic carbocycles. The number of hydrogen-bond acceptors (Lipinski definition) is 2. The van der Waals surface area contributed by atoms with Crippen molar-refractivity contribution in [1.29, 1.82) is 0 Å². The fourth-order valence-corrected chi connectivity index (χ4v) is 10.8. The van der Waals surface area contributed by atoms with Gasteiger partial charge in [-0.3, -0.25) is 9.97 Å². The first-order valence-electron chi connectivity index (χ1n) is 23.0. The van der Waals surface area contributed by atoms with Crippen LogP contribution in [-0.2, 0) is 51.9 Å². The van der Waals surface area contributed by atoms with Gasteiger partial charge in [-0.15, -0.1) is 0 Å². The molecule has 0 saturated heterocycles. The fourth-order valence-electron chi connectivity index (χ4n) is 10.8. The number of fused-ring (bicyclic) bond motifs is 28. The first-order valence-corrected chi connectivity index (χ1v) is 23.0. The third-order valence-electron chi connectivity index (χ3n) is 13.7. The molecule has 3 aliphatic heterocycles. The van der Waals surface area contributed by atoms with Crippen molar-refractivity contribution >= 4 is 32.7 Å². The number of aryl methyl sites for hydroxylation is 4. The number of benzene rings is 3. The summed E-state index contributed by atoms with van der Waals surface area (Å²) in [5, 5.41) is 5.65. The summed E-state index contributed by atoms with van der Waals surface area (Å²) in [4.78, 5) is 11.2. The Bertz CT molecular complexity index is 2080. The smallest absolute Gasteiger partial charge is 0.107 e. The van der Waals surface area contributed by atoms with Gasteiger partial charge in [0.2, 0.25) is 0 Å². The van der Waals surface area contributed by atoms with Crippen molar-refractivity contribution < 1.29 is 4.48 Å². The summed E-state index contributed by atoms with van der Waals surface area (Å²) < 4.78 is 0.981. The molecule has 298 valence electrons. The highest BCUT2D eigenvalue weighted by molar-refractivity contribution is 6.10. The van der Waals surface area contributed by atoms with Gasteiger partial charge < -0.3 is 4.48 Å². The Morgan fingerprint density at radius 2 is 0.807 bits per heavy atom. The Balaban J connectivity index is 1.29. The van der Waals surface area contributed by atoms with Crippen LogP contribution in [0.2, 0.25) is 0 Å². The van der Waals surface area contributed by atoms with Gasteiger partial charge in [0, 0.05) is 33.6 Å². The van der Waals surface area contributed by atoms with Crippen LogP contribution in [0.3, 0.4) is 0 Å². The van der Waals surface area contributed by atoms with E-state index in [1.165, 1.54) is 169 Å². The molecule has 5 aliphatic rings. The van der Waals surface area contributed by atoms with Gasteiger partial charge in [0.15, 0.2) is 0 Å². The summed E-state index contributed by atoms with van der Waals surface area (Å²) in [6, 6.07) is 23.7. The lowest BCUT2D eigenvalue weighted by molar-refractivity contribution is -0.972. The maximum Gasteiger partial charge on any atom is 0.107 e. The zero-order valence-corrected chi connectivity index (χ0v) is 35.5. The number of hydrogen-bond donors (Lipinski definition) is 0. The van der Waals surface area contributed by atoms with Crippen LogP contribution >= 0.6 is 0 Å². The Hall–Kier alpha value is -4.08. The van der Waals surface area contributed by atoms with Gasteiger partial charge in [0.1, 0.15) is 26.2 Å². The molecule has 3 nitrogen and oxygen atoms in total. The Labute approximate surface area is 344 Å². The lowest BCUT2D eigenvalue weighted by Gasteiger charge is -2.36. The first kappa shape index (κ1) is 39.7. The van der Waals surface area contributed by atoms with Gasteiger partial charge in [-0.05, 0) is 121 Å². The van der Waals surface area contributed by atoms with Gasteiger partial charge in [-0.25, -0.2) is 0 Å². The SMILES string of the molecule is C=C(C)c1nc2c(C[N+]3(Cc4cc5c(C(=C)C)nc4CCCCCCCCCC5)Cc4c(c5ccccc5c5ccccc45)C3)cc1CCCCCCCCCC2. The molecule has 0 unspecified atom stereocenters. The van der Waals surface area contributed by atoms with E-state index in [1.54, 1.807) is 11.1 Å². The van der Waals surface area contributed by atoms with Crippen molar-refractivity contribution in [3.05, 3.63) is 130 Å². The van der Waals surface area contributed by atoms with Crippen LogP contribution in [0.15, 0.2) is 73.8 Å². The summed E-state index contributed by atoms with van der Waals surface area (Å²) in [6.45, 7) is 17.3. The second kappa shape index (κ2) is 18.2. The molecule has 0 amide bonds. The van der Waals surface area contributed by atoms with Crippen LogP contribution in [0.5, 0.6) is 0 Å². The molecule has 0 fully saturated rings. The number of quaternary nitrogens is 1. The van der Waals surface area contributed by atoms with Crippen LogP contribution in [0.4, 0.5) is 0 Å². The maximum absolute atomic E-state index is 5.60. The molecule has 3 heteroatoms. The molecule has 0 spiro atoms. The molecule has 5 heterocycles. The number of nitrogens with zero attached hydrogens (tertiary/aromatic N) is 3. The Kier molecular flexibility index (Phi) is 12.7. The van der Waals surface area contributed by atoms with Crippen molar-refractivity contribution in [3.8, 4) is 0 Å². The molecule has 0 atom stereocenters. The van der Waals surface area contributed by atoms with Crippen LogP contribution in [-0.4, -0.2) is 14.5 Å². The summed E-state index contributed by atoms with van der Waals surface area (Å²) in [5.41, 5.74) is 16.1. The lowest BCUT2D eigenvalue weighted by atomic mass is 9.93. The lowest BCUT2D eigenvalue weighted by Crippen LogP contribution is -2.42. The van der Waals surface area contributed by atoms with E-state index < -0.39 is 0 Å². The Morgan fingerprint density at radius 3 is 1.18 bits per heavy atom. The molecular weight excluding hydrogens is 691 g/mol. The number of rotatable bonds is 6. The third-order valence-corrected chi connectivity index (χ3v) is 13.7. The first-order chi connectivity index (χ1) is 27.9. The minimum Gasteiger partial charge on any atom is -0.308 e. The number of pyridine rings is 2. The van der Waals surface area contributed by atoms with Gasteiger partial charge in [-0.2, -0.15) is 0 Å². The minimum atomic E-state index is 0.981. The average Bonchev–Trinajstić information content (AvgIpc) is 3.59. The predicted octanol–water partition coefficient (Wildman–Crippen LogP) is 14.5. The van der Waals surface area contributed by atoms with Crippen molar-refractivity contribution in [2.45, 2.75) is 168 Å². The van der Waals surface area contributed by atoms with Crippen molar-refractivity contribution in [3.63, 3.8) is 0 Å². The second-order valence-electron chi connectivity index (χ2n) is 18.4. The molecule has 4 bridgehead atoms. The molecule has 0 radical (unpaired) electrons. The van der Waals surface area contributed by atoms with Crippen molar-refractivity contribution in [2.24, 2.45) is 0 Å². The number of allylic oxidation sites excluding steroid dienone is 2. The second-order valence-corrected chi connectivity index (χ2v) is 18.4. The van der Waals surface area contributed by atoms with E-state index in [0.29, 0.717) is 0 Å². The van der Waals surface area contributed by atoms with Gasteiger partial charge in [0.25, 0.3) is 0 Å². The van der Waals surface area contributed by atoms with E-state index in [4.69, 9.17) is 9.97 Å². The molecule has 57 heavy (non-hydrogen) atoms. The Morgan fingerprint density at radius 1 is 0.474 bits per heavy atom. The summed E-state index contributed by atoms with van der Waals surface area (Å²) >= 11 is 0. The summed E-state index contributed by atoms with van der Waals surface area (Å²) in [5.74, 6) is 0. The van der Waals surface area contributed by atoms with E-state index in [2.05, 4.69) is 87.7 Å². The van der Waals surface area contributed by atoms with Gasteiger partial charge in [0.05, 0.1) is 11.4 Å². The zero-order valence-electron chi connectivity index (χ0n) is 35.5. The molecule has 2 aromatic heterocycles. The normalized spacial score (nSPS) is 18.3. The highest BCUT2D eigenvalue weighted by Gasteiger charge is 2.40. The average molecular weight is 759 g/mol. The summed E-state index contributed by atoms with van der Waals surface area (Å²) in [6.07, 6.45) is 25.3. The van der Waals surface area contributed by atoms with E-state index in [-0.39, 0.29) is 0 Å². The zero-order chi connectivity index (χ0) is 39.2. The monoisotopic (exact) mass is 759 g/mol. The molecule has 5 aromatic rings. The van der Waals surface area contributed by atoms with Crippen LogP contribution < -0.4 is 0 Å². The minimum absolute atomic E-state index is 0.981. The van der Waals surface area contributed by atoms with Crippen LogP contribution in [0.25, 0.3) is 32.7 Å². The van der Waals surface area contributed by atoms with Crippen LogP contribution in [0, 0.1) is 0 Å². The topological polar surface area (TPSA) is 25.8 Å². The van der Waals surface area contributed by atoms with E-state index in [1.807, 2.05) is 0 Å². The van der Waals surface area contributed by atoms with Gasteiger partial charge >= 0.3 is 0 Å². The fraction of sp³-hybridized carbons (Fsp3) is 0.481. The predicted molar refractivity (Wildman–Crippen MR) is 243 cm³/mol. The number of aromatic nitrogens is 2. The maximum atomic E-state index is 5.60. The van der Waals surface area contributed by atoms with E-state index >= 15 is 0 Å². The molecule has 0 saturated carbocycles. The quantitative estimate of drug-likeness (QED) is 0.127. The molecular formula is C54H68N3+. The molecule has 10 rings (SSSR count).